The van der Waals surface area contributed by atoms with E-state index in [1.807, 2.05) is 42.5 Å². The van der Waals surface area contributed by atoms with E-state index < -0.39 is 12.2 Å². The smallest absolute Gasteiger partial charge is 0.411 e. The van der Waals surface area contributed by atoms with Crippen molar-refractivity contribution in [3.63, 3.8) is 0 Å². The Hall–Kier alpha value is -3.23. The van der Waals surface area contributed by atoms with Gasteiger partial charge in [0, 0.05) is 35.2 Å². The van der Waals surface area contributed by atoms with Gasteiger partial charge in [0.1, 0.15) is 5.75 Å². The molecule has 0 radical (unpaired) electrons. The lowest BCUT2D eigenvalue weighted by Crippen LogP contribution is -2.18. The van der Waals surface area contributed by atoms with Crippen LogP contribution in [0.15, 0.2) is 42.5 Å². The molecule has 5 N–H and O–H groups in total. The van der Waals surface area contributed by atoms with Crippen LogP contribution in [-0.2, 0) is 4.74 Å². The van der Waals surface area contributed by atoms with Gasteiger partial charge in [0.2, 0.25) is 0 Å². The van der Waals surface area contributed by atoms with Crippen molar-refractivity contribution in [2.24, 2.45) is 0 Å². The lowest BCUT2D eigenvalue weighted by molar-refractivity contribution is 0.0754. The van der Waals surface area contributed by atoms with Gasteiger partial charge in [0.05, 0.1) is 42.3 Å². The van der Waals surface area contributed by atoms with Crippen LogP contribution in [-0.4, -0.2) is 46.3 Å². The third kappa shape index (κ3) is 5.13. The number of nitrogens with two attached hydrogens (primary N) is 1. The molecule has 1 saturated carbocycles. The number of fused-ring (bicyclic) bond motifs is 1. The van der Waals surface area contributed by atoms with Crippen LogP contribution in [0.5, 0.6) is 5.75 Å². The number of nitrogen functional groups attached to an aromatic ring is 1. The third-order valence-corrected chi connectivity index (χ3v) is 6.13. The van der Waals surface area contributed by atoms with Crippen LogP contribution in [0.3, 0.4) is 0 Å². The number of aliphatic hydroxyl groups excluding tert-OH is 2. The van der Waals surface area contributed by atoms with E-state index in [2.05, 4.69) is 9.88 Å². The number of nitrogens with one attached hydrogen (secondary N) is 1. The lowest BCUT2D eigenvalue weighted by atomic mass is 9.92. The Morgan fingerprint density at radius 2 is 1.94 bits per heavy atom. The van der Waals surface area contributed by atoms with Crippen molar-refractivity contribution in [3.05, 3.63) is 42.5 Å². The SMILES string of the molecule is CC(C)OC(=O)Nc1ccc(-c2c(N)c3ccc(OCC[C@H](O)CO)cc3n2C2CCC2)cc1. The number of aliphatic hydroxyl groups is 2. The number of aromatic nitrogens is 1. The number of rotatable bonds is 9. The molecule has 1 heterocycles. The average molecular weight is 468 g/mol. The van der Waals surface area contributed by atoms with Gasteiger partial charge < -0.3 is 30.0 Å². The molecule has 1 amide bonds. The first-order valence-corrected chi connectivity index (χ1v) is 11.8. The number of benzene rings is 2. The predicted molar refractivity (Wildman–Crippen MR) is 133 cm³/mol. The highest BCUT2D eigenvalue weighted by Crippen LogP contribution is 2.44. The Balaban J connectivity index is 1.64. The van der Waals surface area contributed by atoms with Gasteiger partial charge in [-0.15, -0.1) is 0 Å². The van der Waals surface area contributed by atoms with Crippen molar-refractivity contribution in [1.82, 2.24) is 4.57 Å². The Morgan fingerprint density at radius 1 is 1.21 bits per heavy atom. The molecule has 0 spiro atoms. The summed E-state index contributed by atoms with van der Waals surface area (Å²) < 4.78 is 13.3. The van der Waals surface area contributed by atoms with Crippen LogP contribution < -0.4 is 15.8 Å². The number of ether oxygens (including phenoxy) is 2. The van der Waals surface area contributed by atoms with Crippen molar-refractivity contribution in [3.8, 4) is 17.0 Å². The van der Waals surface area contributed by atoms with Gasteiger partial charge in [-0.1, -0.05) is 12.1 Å². The highest BCUT2D eigenvalue weighted by molar-refractivity contribution is 6.01. The van der Waals surface area contributed by atoms with Crippen molar-refractivity contribution in [2.45, 2.75) is 57.8 Å². The second-order valence-electron chi connectivity index (χ2n) is 9.03. The zero-order chi connectivity index (χ0) is 24.2. The molecule has 2 aromatic carbocycles. The molecule has 0 unspecified atom stereocenters. The summed E-state index contributed by atoms with van der Waals surface area (Å²) in [7, 11) is 0. The fourth-order valence-electron chi connectivity index (χ4n) is 4.20. The van der Waals surface area contributed by atoms with Gasteiger partial charge in [-0.25, -0.2) is 4.79 Å². The minimum atomic E-state index is -0.783. The topological polar surface area (TPSA) is 119 Å². The first kappa shape index (κ1) is 23.9. The van der Waals surface area contributed by atoms with E-state index in [1.165, 1.54) is 6.42 Å². The molecular weight excluding hydrogens is 434 g/mol. The molecule has 1 aliphatic carbocycles. The third-order valence-electron chi connectivity index (χ3n) is 6.13. The molecule has 34 heavy (non-hydrogen) atoms. The van der Waals surface area contributed by atoms with Crippen molar-refractivity contribution in [2.75, 3.05) is 24.3 Å². The molecule has 1 aliphatic rings. The summed E-state index contributed by atoms with van der Waals surface area (Å²) in [6.07, 6.45) is 2.26. The summed E-state index contributed by atoms with van der Waals surface area (Å²) in [5.41, 5.74) is 11.0. The first-order chi connectivity index (χ1) is 16.4. The monoisotopic (exact) mass is 467 g/mol. The number of nitrogens with zero attached hydrogens (tertiary/aromatic N) is 1. The second-order valence-corrected chi connectivity index (χ2v) is 9.03. The fourth-order valence-corrected chi connectivity index (χ4v) is 4.20. The molecule has 182 valence electrons. The minimum Gasteiger partial charge on any atom is -0.493 e. The summed E-state index contributed by atoms with van der Waals surface area (Å²) in [4.78, 5) is 11.9. The average Bonchev–Trinajstić information content (AvgIpc) is 3.04. The van der Waals surface area contributed by atoms with E-state index in [1.54, 1.807) is 13.8 Å². The molecule has 0 aliphatic heterocycles. The van der Waals surface area contributed by atoms with Gasteiger partial charge in [-0.3, -0.25) is 5.32 Å². The van der Waals surface area contributed by atoms with Crippen LogP contribution in [0.2, 0.25) is 0 Å². The van der Waals surface area contributed by atoms with E-state index in [0.717, 1.165) is 35.0 Å². The second kappa shape index (κ2) is 10.4. The van der Waals surface area contributed by atoms with Gasteiger partial charge in [-0.2, -0.15) is 0 Å². The standard InChI is InChI=1S/C26H33N3O5/c1-16(2)34-26(32)28-18-8-6-17(7-9-18)25-24(27)22-11-10-21(33-13-12-20(31)15-30)14-23(22)29(25)19-4-3-5-19/h6-11,14,16,19-20,30-31H,3-5,12-13,15,27H2,1-2H3,(H,28,32)/t20-/m0/s1. The van der Waals surface area contributed by atoms with Crippen LogP contribution >= 0.6 is 0 Å². The maximum absolute atomic E-state index is 11.9. The number of carbonyl (C=O) groups is 1. The van der Waals surface area contributed by atoms with Gasteiger partial charge in [-0.05, 0) is 57.4 Å². The molecule has 4 rings (SSSR count). The number of anilines is 2. The Morgan fingerprint density at radius 3 is 2.56 bits per heavy atom. The molecular formula is C26H33N3O5. The van der Waals surface area contributed by atoms with Crippen molar-refractivity contribution in [1.29, 1.82) is 0 Å². The summed E-state index contributed by atoms with van der Waals surface area (Å²) in [5, 5.41) is 22.3. The largest absolute Gasteiger partial charge is 0.493 e. The maximum Gasteiger partial charge on any atom is 0.411 e. The number of hydrogen-bond acceptors (Lipinski definition) is 6. The van der Waals surface area contributed by atoms with Crippen LogP contribution in [0.4, 0.5) is 16.2 Å². The molecule has 8 heteroatoms. The normalized spacial score (nSPS) is 14.7. The molecule has 1 fully saturated rings. The fraction of sp³-hybridized carbons (Fsp3) is 0.423. The Labute approximate surface area is 199 Å². The van der Waals surface area contributed by atoms with Crippen molar-refractivity contribution >= 4 is 28.4 Å². The highest BCUT2D eigenvalue weighted by Gasteiger charge is 2.27. The van der Waals surface area contributed by atoms with Crippen LogP contribution in [0, 0.1) is 0 Å². The number of hydrogen-bond donors (Lipinski definition) is 4. The summed E-state index contributed by atoms with van der Waals surface area (Å²) in [6.45, 7) is 3.65. The molecule has 0 bridgehead atoms. The molecule has 3 aromatic rings. The van der Waals surface area contributed by atoms with E-state index in [0.29, 0.717) is 36.2 Å². The van der Waals surface area contributed by atoms with Crippen molar-refractivity contribution < 1.29 is 24.5 Å². The first-order valence-electron chi connectivity index (χ1n) is 11.8. The Kier molecular flexibility index (Phi) is 7.29. The van der Waals surface area contributed by atoms with E-state index in [4.69, 9.17) is 20.3 Å². The zero-order valence-electron chi connectivity index (χ0n) is 19.7. The van der Waals surface area contributed by atoms with E-state index in [-0.39, 0.29) is 12.7 Å². The molecule has 1 aromatic heterocycles. The van der Waals surface area contributed by atoms with Crippen LogP contribution in [0.1, 0.15) is 45.6 Å². The van der Waals surface area contributed by atoms with Gasteiger partial charge in [0.25, 0.3) is 0 Å². The number of amides is 1. The molecule has 8 nitrogen and oxygen atoms in total. The quantitative estimate of drug-likeness (QED) is 0.362. The van der Waals surface area contributed by atoms with E-state index in [9.17, 15) is 9.90 Å². The molecule has 0 saturated heterocycles. The van der Waals surface area contributed by atoms with Crippen LogP contribution in [0.25, 0.3) is 22.2 Å². The van der Waals surface area contributed by atoms with Gasteiger partial charge >= 0.3 is 6.09 Å². The summed E-state index contributed by atoms with van der Waals surface area (Å²) in [6, 6.07) is 13.8. The zero-order valence-corrected chi connectivity index (χ0v) is 19.7. The molecule has 1 atom stereocenters. The highest BCUT2D eigenvalue weighted by atomic mass is 16.6. The predicted octanol–water partition coefficient (Wildman–Crippen LogP) is 4.69. The summed E-state index contributed by atoms with van der Waals surface area (Å²) in [5.74, 6) is 0.700. The maximum atomic E-state index is 11.9. The summed E-state index contributed by atoms with van der Waals surface area (Å²) >= 11 is 0. The number of carbonyl (C=O) groups excluding carboxylic acids is 1. The van der Waals surface area contributed by atoms with Gasteiger partial charge in [0.15, 0.2) is 0 Å². The Bertz CT molecular complexity index is 1140. The lowest BCUT2D eigenvalue weighted by Gasteiger charge is -2.30. The van der Waals surface area contributed by atoms with E-state index >= 15 is 0 Å². The minimum absolute atomic E-state index is 0.189.